The Bertz CT molecular complexity index is 647. The first-order valence-electron chi connectivity index (χ1n) is 8.13. The Balaban J connectivity index is 0.00000192. The van der Waals surface area contributed by atoms with Crippen LogP contribution in [0.25, 0.3) is 0 Å². The van der Waals surface area contributed by atoms with Crippen molar-refractivity contribution in [3.8, 4) is 0 Å². The molecule has 1 N–H and O–H groups in total. The average molecular weight is 363 g/mol. The standard InChI is InChI=1S/C15H26N4O2S.ClH/c1-11-15(12(2)18(3)17-11)22(20,21)19-8-6-14(7-9-19)16-10-13-4-5-13;/h13-14,16H,4-10H2,1-3H3;1H. The summed E-state index contributed by atoms with van der Waals surface area (Å²) in [5.74, 6) is 0.863. The third-order valence-corrected chi connectivity index (χ3v) is 7.04. The first-order valence-corrected chi connectivity index (χ1v) is 9.57. The number of hydrogen-bond acceptors (Lipinski definition) is 4. The van der Waals surface area contributed by atoms with Crippen molar-refractivity contribution in [1.29, 1.82) is 0 Å². The maximum atomic E-state index is 12.9. The lowest BCUT2D eigenvalue weighted by atomic mass is 10.1. The molecule has 3 rings (SSSR count). The van der Waals surface area contributed by atoms with Gasteiger partial charge in [0.15, 0.2) is 0 Å². The van der Waals surface area contributed by atoms with Gasteiger partial charge in [0.05, 0.1) is 11.4 Å². The van der Waals surface area contributed by atoms with Crippen LogP contribution in [0.15, 0.2) is 4.90 Å². The molecule has 0 aromatic carbocycles. The van der Waals surface area contributed by atoms with Crippen LogP contribution in [0.5, 0.6) is 0 Å². The predicted octanol–water partition coefficient (Wildman–Crippen LogP) is 1.61. The van der Waals surface area contributed by atoms with E-state index < -0.39 is 10.0 Å². The molecule has 0 unspecified atom stereocenters. The zero-order valence-electron chi connectivity index (χ0n) is 14.1. The first kappa shape index (κ1) is 18.7. The highest BCUT2D eigenvalue weighted by Crippen LogP contribution is 2.29. The zero-order valence-corrected chi connectivity index (χ0v) is 15.7. The number of nitrogens with zero attached hydrogens (tertiary/aromatic N) is 3. The van der Waals surface area contributed by atoms with Crippen LogP contribution in [0.1, 0.15) is 37.1 Å². The Morgan fingerprint density at radius 1 is 1.17 bits per heavy atom. The molecule has 0 spiro atoms. The number of aryl methyl sites for hydroxylation is 2. The molecule has 0 amide bonds. The van der Waals surface area contributed by atoms with Gasteiger partial charge in [-0.05, 0) is 52.0 Å². The number of piperidine rings is 1. The Morgan fingerprint density at radius 3 is 2.26 bits per heavy atom. The summed E-state index contributed by atoms with van der Waals surface area (Å²) in [6.07, 6.45) is 4.48. The van der Waals surface area contributed by atoms with Gasteiger partial charge in [0.2, 0.25) is 10.0 Å². The van der Waals surface area contributed by atoms with Crippen LogP contribution in [0, 0.1) is 19.8 Å². The van der Waals surface area contributed by atoms with Crippen LogP contribution in [0.3, 0.4) is 0 Å². The molecule has 132 valence electrons. The number of rotatable bonds is 5. The molecule has 1 aliphatic heterocycles. The maximum Gasteiger partial charge on any atom is 0.246 e. The molecule has 23 heavy (non-hydrogen) atoms. The van der Waals surface area contributed by atoms with Gasteiger partial charge < -0.3 is 5.32 Å². The SMILES string of the molecule is Cc1nn(C)c(C)c1S(=O)(=O)N1CCC(NCC2CC2)CC1.Cl. The molecule has 1 aromatic rings. The fraction of sp³-hybridized carbons (Fsp3) is 0.800. The van der Waals surface area contributed by atoms with E-state index >= 15 is 0 Å². The van der Waals surface area contributed by atoms with E-state index in [0.717, 1.165) is 25.3 Å². The predicted molar refractivity (Wildman–Crippen MR) is 92.4 cm³/mol. The summed E-state index contributed by atoms with van der Waals surface area (Å²) in [6, 6.07) is 0.461. The molecule has 0 atom stereocenters. The lowest BCUT2D eigenvalue weighted by Crippen LogP contribution is -2.45. The lowest BCUT2D eigenvalue weighted by molar-refractivity contribution is 0.288. The summed E-state index contributed by atoms with van der Waals surface area (Å²) >= 11 is 0. The van der Waals surface area contributed by atoms with Crippen molar-refractivity contribution in [3.05, 3.63) is 11.4 Å². The highest BCUT2D eigenvalue weighted by atomic mass is 35.5. The Hall–Kier alpha value is -0.630. The highest BCUT2D eigenvalue weighted by molar-refractivity contribution is 7.89. The van der Waals surface area contributed by atoms with E-state index in [4.69, 9.17) is 0 Å². The third-order valence-electron chi connectivity index (χ3n) is 4.89. The van der Waals surface area contributed by atoms with E-state index in [1.165, 1.54) is 12.8 Å². The Kier molecular flexibility index (Phi) is 5.76. The van der Waals surface area contributed by atoms with E-state index in [1.807, 2.05) is 6.92 Å². The second-order valence-electron chi connectivity index (χ2n) is 6.65. The van der Waals surface area contributed by atoms with Gasteiger partial charge in [-0.2, -0.15) is 9.40 Å². The van der Waals surface area contributed by atoms with Gasteiger partial charge in [-0.1, -0.05) is 0 Å². The van der Waals surface area contributed by atoms with Crippen LogP contribution in [-0.4, -0.2) is 48.2 Å². The fourth-order valence-corrected chi connectivity index (χ4v) is 5.08. The van der Waals surface area contributed by atoms with E-state index in [2.05, 4.69) is 10.4 Å². The van der Waals surface area contributed by atoms with Crippen LogP contribution in [0.2, 0.25) is 0 Å². The molecule has 0 bridgehead atoms. The number of halogens is 1. The summed E-state index contributed by atoms with van der Waals surface area (Å²) in [7, 11) is -1.64. The summed E-state index contributed by atoms with van der Waals surface area (Å²) in [6.45, 7) is 5.87. The van der Waals surface area contributed by atoms with Gasteiger partial charge in [-0.3, -0.25) is 4.68 Å². The molecular formula is C15H27ClN4O2S. The average Bonchev–Trinajstić information content (AvgIpc) is 3.25. The number of aromatic nitrogens is 2. The fourth-order valence-electron chi connectivity index (χ4n) is 3.21. The highest BCUT2D eigenvalue weighted by Gasteiger charge is 2.33. The minimum atomic E-state index is -3.42. The summed E-state index contributed by atoms with van der Waals surface area (Å²) in [4.78, 5) is 0.388. The van der Waals surface area contributed by atoms with E-state index in [1.54, 1.807) is 23.0 Å². The monoisotopic (exact) mass is 362 g/mol. The molecule has 6 nitrogen and oxygen atoms in total. The molecule has 1 aromatic heterocycles. The normalized spacial score (nSPS) is 20.5. The molecule has 8 heteroatoms. The topological polar surface area (TPSA) is 67.2 Å². The number of sulfonamides is 1. The quantitative estimate of drug-likeness (QED) is 0.864. The molecule has 2 fully saturated rings. The minimum absolute atomic E-state index is 0. The first-order chi connectivity index (χ1) is 10.4. The molecule has 2 heterocycles. The summed E-state index contributed by atoms with van der Waals surface area (Å²) in [5, 5.41) is 7.83. The van der Waals surface area contributed by atoms with Crippen LogP contribution >= 0.6 is 12.4 Å². The smallest absolute Gasteiger partial charge is 0.246 e. The van der Waals surface area contributed by atoms with Crippen LogP contribution in [0.4, 0.5) is 0 Å². The largest absolute Gasteiger partial charge is 0.314 e. The second-order valence-corrected chi connectivity index (χ2v) is 8.53. The zero-order chi connectivity index (χ0) is 15.9. The van der Waals surface area contributed by atoms with Crippen molar-refractivity contribution in [3.63, 3.8) is 0 Å². The third kappa shape index (κ3) is 3.90. The van der Waals surface area contributed by atoms with Gasteiger partial charge in [-0.15, -0.1) is 12.4 Å². The van der Waals surface area contributed by atoms with E-state index in [0.29, 0.717) is 35.4 Å². The molecule has 1 aliphatic carbocycles. The molecule has 1 saturated heterocycles. The van der Waals surface area contributed by atoms with Gasteiger partial charge in [-0.25, -0.2) is 8.42 Å². The Morgan fingerprint density at radius 2 is 1.78 bits per heavy atom. The van der Waals surface area contributed by atoms with Crippen molar-refractivity contribution in [2.75, 3.05) is 19.6 Å². The lowest BCUT2D eigenvalue weighted by Gasteiger charge is -2.31. The molecule has 0 radical (unpaired) electrons. The molecule has 2 aliphatic rings. The van der Waals surface area contributed by atoms with Crippen LogP contribution in [-0.2, 0) is 17.1 Å². The van der Waals surface area contributed by atoms with Gasteiger partial charge >= 0.3 is 0 Å². The van der Waals surface area contributed by atoms with E-state index in [9.17, 15) is 8.42 Å². The number of nitrogens with one attached hydrogen (secondary N) is 1. The maximum absolute atomic E-state index is 12.9. The van der Waals surface area contributed by atoms with Crippen molar-refractivity contribution >= 4 is 22.4 Å². The van der Waals surface area contributed by atoms with Crippen molar-refractivity contribution < 1.29 is 8.42 Å². The van der Waals surface area contributed by atoms with Crippen molar-refractivity contribution in [2.24, 2.45) is 13.0 Å². The van der Waals surface area contributed by atoms with Crippen LogP contribution < -0.4 is 5.32 Å². The summed E-state index contributed by atoms with van der Waals surface area (Å²) < 4.78 is 29.0. The van der Waals surface area contributed by atoms with Crippen molar-refractivity contribution in [1.82, 2.24) is 19.4 Å². The second kappa shape index (κ2) is 7.09. The van der Waals surface area contributed by atoms with Gasteiger partial charge in [0, 0.05) is 26.2 Å². The van der Waals surface area contributed by atoms with Crippen molar-refractivity contribution in [2.45, 2.75) is 50.5 Å². The van der Waals surface area contributed by atoms with Gasteiger partial charge in [0.1, 0.15) is 4.90 Å². The Labute approximate surface area is 145 Å². The minimum Gasteiger partial charge on any atom is -0.314 e. The number of hydrogen-bond donors (Lipinski definition) is 1. The molecular weight excluding hydrogens is 336 g/mol. The van der Waals surface area contributed by atoms with Gasteiger partial charge in [0.25, 0.3) is 0 Å². The molecule has 1 saturated carbocycles. The van der Waals surface area contributed by atoms with E-state index in [-0.39, 0.29) is 12.4 Å². The summed E-state index contributed by atoms with van der Waals surface area (Å²) in [5.41, 5.74) is 1.31.